The Morgan fingerprint density at radius 2 is 1.72 bits per heavy atom. The van der Waals surface area contributed by atoms with Crippen molar-refractivity contribution in [1.82, 2.24) is 0 Å². The molecule has 0 spiro atoms. The van der Waals surface area contributed by atoms with Crippen LogP contribution in [-0.2, 0) is 4.79 Å². The first kappa shape index (κ1) is 22.2. The molecule has 1 saturated carbocycles. The number of hydrogen-bond acceptors (Lipinski definition) is 5. The van der Waals surface area contributed by atoms with E-state index in [1.54, 1.807) is 11.3 Å². The second-order valence-corrected chi connectivity index (χ2v) is 9.44. The van der Waals surface area contributed by atoms with Gasteiger partial charge >= 0.3 is 5.97 Å². The summed E-state index contributed by atoms with van der Waals surface area (Å²) in [6.07, 6.45) is 4.64. The molecular formula is C23H32O5S. The number of carboxylic acids is 1. The van der Waals surface area contributed by atoms with E-state index in [0.717, 1.165) is 35.9 Å². The Kier molecular flexibility index (Phi) is 8.07. The molecule has 29 heavy (non-hydrogen) atoms. The van der Waals surface area contributed by atoms with Gasteiger partial charge in [0, 0.05) is 16.0 Å². The van der Waals surface area contributed by atoms with Crippen LogP contribution in [0.5, 0.6) is 0 Å². The maximum atomic E-state index is 10.7. The maximum Gasteiger partial charge on any atom is 0.303 e. The Morgan fingerprint density at radius 1 is 1.03 bits per heavy atom. The first-order chi connectivity index (χ1) is 14.0. The standard InChI is InChI=1S/C23H32O5S/c24-18(22-13-15-7-5-6-9-21(15)29-22)12-11-17-16(19(25)14-20(17)26)8-3-1-2-4-10-23(27)28/h5-7,9,13,16-20,24-26H,1-4,8,10-12,14H2,(H,27,28)/t16-,17-,18?,19+,20-/m1/s1. The highest BCUT2D eigenvalue weighted by Gasteiger charge is 2.40. The van der Waals surface area contributed by atoms with Gasteiger partial charge in [-0.1, -0.05) is 37.5 Å². The SMILES string of the molecule is O=C(O)CCCCCC[C@@H]1[C@@H](CCC(O)c2cc3ccccc3s2)[C@H](O)C[C@@H]1O. The van der Waals surface area contributed by atoms with Gasteiger partial charge in [-0.2, -0.15) is 0 Å². The summed E-state index contributed by atoms with van der Waals surface area (Å²) in [7, 11) is 0. The summed E-state index contributed by atoms with van der Waals surface area (Å²) in [4.78, 5) is 11.5. The largest absolute Gasteiger partial charge is 0.481 e. The zero-order valence-electron chi connectivity index (χ0n) is 16.7. The number of aliphatic hydroxyl groups is 3. The van der Waals surface area contributed by atoms with Gasteiger partial charge in [-0.05, 0) is 61.5 Å². The second kappa shape index (κ2) is 10.5. The van der Waals surface area contributed by atoms with Crippen molar-refractivity contribution in [3.8, 4) is 0 Å². The molecule has 2 aromatic rings. The van der Waals surface area contributed by atoms with Gasteiger partial charge in [0.2, 0.25) is 0 Å². The van der Waals surface area contributed by atoms with E-state index >= 15 is 0 Å². The molecule has 1 heterocycles. The number of fused-ring (bicyclic) bond motifs is 1. The maximum absolute atomic E-state index is 10.7. The molecule has 1 fully saturated rings. The van der Waals surface area contributed by atoms with Crippen LogP contribution in [-0.4, -0.2) is 38.6 Å². The number of carboxylic acid groups (broad SMARTS) is 1. The summed E-state index contributed by atoms with van der Waals surface area (Å²) in [5, 5.41) is 41.3. The van der Waals surface area contributed by atoms with Crippen molar-refractivity contribution >= 4 is 27.4 Å². The van der Waals surface area contributed by atoms with Gasteiger partial charge in [0.1, 0.15) is 0 Å². The molecule has 1 aliphatic carbocycles. The summed E-state index contributed by atoms with van der Waals surface area (Å²) in [5.74, 6) is -0.691. The Morgan fingerprint density at radius 3 is 2.45 bits per heavy atom. The van der Waals surface area contributed by atoms with E-state index < -0.39 is 24.3 Å². The monoisotopic (exact) mass is 420 g/mol. The van der Waals surface area contributed by atoms with Gasteiger partial charge in [-0.3, -0.25) is 4.79 Å². The number of carbonyl (C=O) groups is 1. The van der Waals surface area contributed by atoms with E-state index in [-0.39, 0.29) is 18.3 Å². The third-order valence-corrected chi connectivity index (χ3v) is 7.46. The molecule has 1 unspecified atom stereocenters. The minimum Gasteiger partial charge on any atom is -0.481 e. The highest BCUT2D eigenvalue weighted by Crippen LogP contribution is 2.41. The first-order valence-corrected chi connectivity index (χ1v) is 11.5. The van der Waals surface area contributed by atoms with Gasteiger partial charge in [-0.15, -0.1) is 11.3 Å². The third-order valence-electron chi connectivity index (χ3n) is 6.25. The first-order valence-electron chi connectivity index (χ1n) is 10.7. The van der Waals surface area contributed by atoms with Crippen molar-refractivity contribution in [2.24, 2.45) is 11.8 Å². The van der Waals surface area contributed by atoms with Gasteiger partial charge < -0.3 is 20.4 Å². The topological polar surface area (TPSA) is 98.0 Å². The normalized spacial score (nSPS) is 25.5. The van der Waals surface area contributed by atoms with Crippen molar-refractivity contribution in [1.29, 1.82) is 0 Å². The molecule has 6 heteroatoms. The smallest absolute Gasteiger partial charge is 0.303 e. The van der Waals surface area contributed by atoms with E-state index in [1.165, 1.54) is 4.70 Å². The molecule has 5 nitrogen and oxygen atoms in total. The fourth-order valence-electron chi connectivity index (χ4n) is 4.65. The van der Waals surface area contributed by atoms with Crippen molar-refractivity contribution in [3.05, 3.63) is 35.2 Å². The fraction of sp³-hybridized carbons (Fsp3) is 0.609. The van der Waals surface area contributed by atoms with E-state index in [2.05, 4.69) is 6.07 Å². The van der Waals surface area contributed by atoms with Crippen LogP contribution in [0.4, 0.5) is 0 Å². The van der Waals surface area contributed by atoms with Crippen molar-refractivity contribution in [3.63, 3.8) is 0 Å². The molecule has 0 radical (unpaired) electrons. The number of unbranched alkanes of at least 4 members (excludes halogenated alkanes) is 3. The highest BCUT2D eigenvalue weighted by molar-refractivity contribution is 7.19. The second-order valence-electron chi connectivity index (χ2n) is 8.32. The van der Waals surface area contributed by atoms with Crippen LogP contribution >= 0.6 is 11.3 Å². The predicted octanol–water partition coefficient (Wildman–Crippen LogP) is 4.50. The van der Waals surface area contributed by atoms with Crippen molar-refractivity contribution in [2.75, 3.05) is 0 Å². The molecule has 3 rings (SSSR count). The third kappa shape index (κ3) is 6.01. The fourth-order valence-corrected chi connectivity index (χ4v) is 5.73. The molecular weight excluding hydrogens is 388 g/mol. The van der Waals surface area contributed by atoms with Gasteiger partial charge in [0.25, 0.3) is 0 Å². The minimum atomic E-state index is -0.753. The van der Waals surface area contributed by atoms with Crippen molar-refractivity contribution in [2.45, 2.75) is 76.1 Å². The van der Waals surface area contributed by atoms with Crippen LogP contribution in [0.1, 0.15) is 68.8 Å². The number of thiophene rings is 1. The zero-order valence-corrected chi connectivity index (χ0v) is 17.6. The average Bonchev–Trinajstić information content (AvgIpc) is 3.23. The van der Waals surface area contributed by atoms with Gasteiger partial charge in [0.15, 0.2) is 0 Å². The van der Waals surface area contributed by atoms with Crippen LogP contribution in [0.2, 0.25) is 0 Å². The lowest BCUT2D eigenvalue weighted by Gasteiger charge is -2.24. The van der Waals surface area contributed by atoms with Crippen LogP contribution in [0, 0.1) is 11.8 Å². The summed E-state index contributed by atoms with van der Waals surface area (Å²) >= 11 is 1.61. The van der Waals surface area contributed by atoms with E-state index in [1.807, 2.05) is 24.3 Å². The quantitative estimate of drug-likeness (QED) is 0.401. The lowest BCUT2D eigenvalue weighted by Crippen LogP contribution is -2.23. The Balaban J connectivity index is 1.48. The summed E-state index contributed by atoms with van der Waals surface area (Å²) in [5.41, 5.74) is 0. The van der Waals surface area contributed by atoms with Crippen LogP contribution in [0.15, 0.2) is 30.3 Å². The summed E-state index contributed by atoms with van der Waals surface area (Å²) in [6.45, 7) is 0. The molecule has 5 atom stereocenters. The van der Waals surface area contributed by atoms with Crippen LogP contribution in [0.25, 0.3) is 10.1 Å². The molecule has 0 amide bonds. The number of aliphatic hydroxyl groups excluding tert-OH is 3. The Bertz CT molecular complexity index is 755. The van der Waals surface area contributed by atoms with Gasteiger partial charge in [-0.25, -0.2) is 0 Å². The van der Waals surface area contributed by atoms with E-state index in [9.17, 15) is 20.1 Å². The lowest BCUT2D eigenvalue weighted by molar-refractivity contribution is -0.137. The average molecular weight is 421 g/mol. The molecule has 160 valence electrons. The van der Waals surface area contributed by atoms with E-state index in [4.69, 9.17) is 5.11 Å². The Hall–Kier alpha value is -1.47. The number of rotatable bonds is 11. The molecule has 1 aromatic carbocycles. The number of benzene rings is 1. The lowest BCUT2D eigenvalue weighted by atomic mass is 9.84. The Labute approximate surface area is 176 Å². The molecule has 1 aliphatic rings. The molecule has 4 N–H and O–H groups in total. The van der Waals surface area contributed by atoms with E-state index in [0.29, 0.717) is 25.7 Å². The van der Waals surface area contributed by atoms with Gasteiger partial charge in [0.05, 0.1) is 18.3 Å². The van der Waals surface area contributed by atoms with Crippen molar-refractivity contribution < 1.29 is 25.2 Å². The van der Waals surface area contributed by atoms with Crippen LogP contribution in [0.3, 0.4) is 0 Å². The van der Waals surface area contributed by atoms with Crippen LogP contribution < -0.4 is 0 Å². The number of aliphatic carboxylic acids is 1. The predicted molar refractivity (Wildman–Crippen MR) is 115 cm³/mol. The molecule has 0 saturated heterocycles. The summed E-state index contributed by atoms with van der Waals surface area (Å²) in [6, 6.07) is 10.1. The zero-order chi connectivity index (χ0) is 20.8. The summed E-state index contributed by atoms with van der Waals surface area (Å²) < 4.78 is 1.17. The molecule has 0 aliphatic heterocycles. The molecule has 1 aromatic heterocycles. The molecule has 0 bridgehead atoms. The highest BCUT2D eigenvalue weighted by atomic mass is 32.1. The minimum absolute atomic E-state index is 0.00745. The number of hydrogen-bond donors (Lipinski definition) is 4.